The number of rotatable bonds is 7. The number of carbonyl (C=O) groups is 3. The number of carbonyl (C=O) groups excluding carboxylic acids is 3. The molecule has 0 saturated heterocycles. The monoisotopic (exact) mass is 521 g/mol. The van der Waals surface area contributed by atoms with Crippen molar-refractivity contribution in [3.63, 3.8) is 0 Å². The number of esters is 1. The van der Waals surface area contributed by atoms with Gasteiger partial charge in [-0.25, -0.2) is 4.39 Å². The molecule has 3 rings (SSSR count). The minimum Gasteiger partial charge on any atom is -0.465 e. The van der Waals surface area contributed by atoms with Gasteiger partial charge in [0.2, 0.25) is 11.8 Å². The number of nitriles is 1. The molecule has 2 N–H and O–H groups in total. The van der Waals surface area contributed by atoms with E-state index in [1.807, 2.05) is 6.07 Å². The molecule has 0 spiro atoms. The van der Waals surface area contributed by atoms with Crippen LogP contribution in [0.2, 0.25) is 0 Å². The summed E-state index contributed by atoms with van der Waals surface area (Å²) >= 11 is 0.719. The first kappa shape index (κ1) is 26.7. The van der Waals surface area contributed by atoms with E-state index in [9.17, 15) is 37.2 Å². The molecular weight excluding hydrogens is 502 g/mol. The fourth-order valence-electron chi connectivity index (χ4n) is 3.60. The molecule has 36 heavy (non-hydrogen) atoms. The molecule has 0 unspecified atom stereocenters. The zero-order chi connectivity index (χ0) is 26.5. The predicted molar refractivity (Wildman–Crippen MR) is 123 cm³/mol. The van der Waals surface area contributed by atoms with Gasteiger partial charge in [-0.2, -0.15) is 18.4 Å². The van der Waals surface area contributed by atoms with Crippen molar-refractivity contribution in [1.82, 2.24) is 5.32 Å². The van der Waals surface area contributed by atoms with Crippen LogP contribution in [0.25, 0.3) is 0 Å². The highest BCUT2D eigenvalue weighted by molar-refractivity contribution is 8.03. The van der Waals surface area contributed by atoms with Crippen molar-refractivity contribution >= 4 is 35.2 Å². The molecule has 12 heteroatoms. The first-order valence-corrected chi connectivity index (χ1v) is 11.5. The average Bonchev–Trinajstić information content (AvgIpc) is 2.82. The molecule has 2 atom stereocenters. The number of anilines is 1. The van der Waals surface area contributed by atoms with Crippen LogP contribution >= 0.6 is 11.8 Å². The van der Waals surface area contributed by atoms with Crippen LogP contribution in [0.3, 0.4) is 0 Å². The summed E-state index contributed by atoms with van der Waals surface area (Å²) in [6.07, 6.45) is -4.59. The van der Waals surface area contributed by atoms with E-state index in [-0.39, 0.29) is 28.5 Å². The van der Waals surface area contributed by atoms with Gasteiger partial charge in [0.15, 0.2) is 0 Å². The average molecular weight is 521 g/mol. The number of thioether (sulfide) groups is 1. The van der Waals surface area contributed by atoms with E-state index in [0.717, 1.165) is 36.0 Å². The number of hydrogen-bond donors (Lipinski definition) is 2. The third kappa shape index (κ3) is 6.04. The Bertz CT molecular complexity index is 1260. The van der Waals surface area contributed by atoms with Crippen LogP contribution in [0.5, 0.6) is 0 Å². The number of ether oxygens (including phenoxy) is 1. The minimum absolute atomic E-state index is 0.0461. The Morgan fingerprint density at radius 3 is 2.56 bits per heavy atom. The smallest absolute Gasteiger partial charge is 0.416 e. The lowest BCUT2D eigenvalue weighted by Crippen LogP contribution is -2.44. The lowest BCUT2D eigenvalue weighted by atomic mass is 9.78. The molecule has 0 bridgehead atoms. The van der Waals surface area contributed by atoms with Gasteiger partial charge in [0.1, 0.15) is 11.7 Å². The zero-order valence-electron chi connectivity index (χ0n) is 18.7. The second-order valence-electron chi connectivity index (χ2n) is 7.49. The minimum atomic E-state index is -4.59. The quantitative estimate of drug-likeness (QED) is 0.319. The molecule has 2 amide bonds. The van der Waals surface area contributed by atoms with E-state index in [4.69, 9.17) is 4.74 Å². The molecule has 1 aliphatic heterocycles. The van der Waals surface area contributed by atoms with Crippen LogP contribution in [0.15, 0.2) is 59.1 Å². The fourth-order valence-corrected chi connectivity index (χ4v) is 4.44. The van der Waals surface area contributed by atoms with Crippen molar-refractivity contribution in [2.24, 2.45) is 5.92 Å². The number of halogens is 4. The van der Waals surface area contributed by atoms with E-state index in [1.165, 1.54) is 31.2 Å². The second kappa shape index (κ2) is 11.3. The Labute approximate surface area is 207 Å². The van der Waals surface area contributed by atoms with Gasteiger partial charge < -0.3 is 15.4 Å². The number of nitrogens with one attached hydrogen (secondary N) is 2. The van der Waals surface area contributed by atoms with Crippen molar-refractivity contribution in [3.05, 3.63) is 76.1 Å². The Morgan fingerprint density at radius 2 is 1.92 bits per heavy atom. The number of alkyl halides is 3. The molecule has 2 aromatic rings. The van der Waals surface area contributed by atoms with Crippen molar-refractivity contribution in [3.8, 4) is 6.07 Å². The molecular formula is C24H19F4N3O4S. The highest BCUT2D eigenvalue weighted by Gasteiger charge is 2.45. The second-order valence-corrected chi connectivity index (χ2v) is 8.47. The van der Waals surface area contributed by atoms with Gasteiger partial charge >= 0.3 is 12.1 Å². The summed E-state index contributed by atoms with van der Waals surface area (Å²) < 4.78 is 58.3. The highest BCUT2D eigenvalue weighted by Crippen LogP contribution is 2.41. The maximum absolute atomic E-state index is 14.7. The first-order valence-electron chi connectivity index (χ1n) is 10.5. The number of benzene rings is 2. The summed E-state index contributed by atoms with van der Waals surface area (Å²) in [4.78, 5) is 37.8. The molecule has 0 aromatic heterocycles. The van der Waals surface area contributed by atoms with Gasteiger partial charge in [-0.05, 0) is 36.8 Å². The van der Waals surface area contributed by atoms with E-state index >= 15 is 0 Å². The molecule has 2 aromatic carbocycles. The van der Waals surface area contributed by atoms with E-state index in [1.54, 1.807) is 0 Å². The summed E-state index contributed by atoms with van der Waals surface area (Å²) in [5, 5.41) is 14.5. The standard InChI is InChI=1S/C24H19F4N3O4S/c1-2-35-23(34)20-19(15-8-3-4-9-17(15)25)16(11-29)22(31-21(20)33)36-12-18(32)30-14-7-5-6-13(10-14)24(26,27)28/h3-10,19-20H,2,12H2,1H3,(H,30,32)(H,31,33)/t19-,20-/m1/s1. The summed E-state index contributed by atoms with van der Waals surface area (Å²) in [7, 11) is 0. The van der Waals surface area contributed by atoms with Crippen molar-refractivity contribution in [1.29, 1.82) is 5.26 Å². The van der Waals surface area contributed by atoms with Crippen LogP contribution in [0.4, 0.5) is 23.2 Å². The number of nitrogens with zero attached hydrogens (tertiary/aromatic N) is 1. The van der Waals surface area contributed by atoms with Crippen molar-refractivity contribution in [2.45, 2.75) is 19.0 Å². The van der Waals surface area contributed by atoms with Gasteiger partial charge in [0, 0.05) is 11.6 Å². The maximum Gasteiger partial charge on any atom is 0.416 e. The Morgan fingerprint density at radius 1 is 1.19 bits per heavy atom. The molecule has 188 valence electrons. The van der Waals surface area contributed by atoms with Gasteiger partial charge in [-0.15, -0.1) is 0 Å². The third-order valence-corrected chi connectivity index (χ3v) is 6.15. The fraction of sp³-hybridized carbons (Fsp3) is 0.250. The molecule has 0 fully saturated rings. The number of amides is 2. The molecule has 0 saturated carbocycles. The lowest BCUT2D eigenvalue weighted by Gasteiger charge is -2.31. The number of allylic oxidation sites excluding steroid dienone is 1. The maximum atomic E-state index is 14.7. The van der Waals surface area contributed by atoms with Gasteiger partial charge in [0.25, 0.3) is 0 Å². The summed E-state index contributed by atoms with van der Waals surface area (Å²) in [6.45, 7) is 1.48. The molecule has 1 heterocycles. The van der Waals surface area contributed by atoms with Gasteiger partial charge in [0.05, 0.1) is 34.6 Å². The molecule has 7 nitrogen and oxygen atoms in total. The number of hydrogen-bond acceptors (Lipinski definition) is 6. The lowest BCUT2D eigenvalue weighted by molar-refractivity contribution is -0.153. The summed E-state index contributed by atoms with van der Waals surface area (Å²) in [5.74, 6) is -6.49. The van der Waals surface area contributed by atoms with Crippen LogP contribution in [-0.2, 0) is 25.3 Å². The van der Waals surface area contributed by atoms with Crippen LogP contribution in [-0.4, -0.2) is 30.1 Å². The molecule has 1 aliphatic rings. The highest BCUT2D eigenvalue weighted by atomic mass is 32.2. The Kier molecular flexibility index (Phi) is 8.37. The summed E-state index contributed by atoms with van der Waals surface area (Å²) in [6, 6.07) is 11.3. The van der Waals surface area contributed by atoms with Crippen molar-refractivity contribution < 1.29 is 36.7 Å². The van der Waals surface area contributed by atoms with Crippen molar-refractivity contribution in [2.75, 3.05) is 17.7 Å². The topological polar surface area (TPSA) is 108 Å². The largest absolute Gasteiger partial charge is 0.465 e. The van der Waals surface area contributed by atoms with E-state index in [0.29, 0.717) is 0 Å². The van der Waals surface area contributed by atoms with Gasteiger partial charge in [-0.3, -0.25) is 14.4 Å². The molecule has 0 radical (unpaired) electrons. The van der Waals surface area contributed by atoms with Gasteiger partial charge in [-0.1, -0.05) is 36.0 Å². The Balaban J connectivity index is 1.88. The molecule has 0 aliphatic carbocycles. The van der Waals surface area contributed by atoms with E-state index in [2.05, 4.69) is 10.6 Å². The third-order valence-electron chi connectivity index (χ3n) is 5.13. The first-order chi connectivity index (χ1) is 17.1. The Hall–Kier alpha value is -3.85. The SMILES string of the molecule is CCOC(=O)[C@H]1C(=O)NC(SCC(=O)Nc2cccc(C(F)(F)F)c2)=C(C#N)[C@H]1c1ccccc1F. The normalized spacial score (nSPS) is 17.7. The zero-order valence-corrected chi connectivity index (χ0v) is 19.5. The summed E-state index contributed by atoms with van der Waals surface area (Å²) in [5.41, 5.74) is -1.27. The van der Waals surface area contributed by atoms with Crippen LogP contribution < -0.4 is 10.6 Å². The van der Waals surface area contributed by atoms with Crippen LogP contribution in [0, 0.1) is 23.1 Å². The van der Waals surface area contributed by atoms with E-state index < -0.39 is 52.9 Å². The predicted octanol–water partition coefficient (Wildman–Crippen LogP) is 4.34. The van der Waals surface area contributed by atoms with Crippen LogP contribution in [0.1, 0.15) is 24.0 Å².